The van der Waals surface area contributed by atoms with Gasteiger partial charge in [0.25, 0.3) is 5.91 Å². The van der Waals surface area contributed by atoms with Gasteiger partial charge in [0, 0.05) is 6.08 Å². The first kappa shape index (κ1) is 8.13. The van der Waals surface area contributed by atoms with Gasteiger partial charge in [-0.2, -0.15) is 5.43 Å². The van der Waals surface area contributed by atoms with Crippen molar-refractivity contribution in [3.63, 3.8) is 0 Å². The van der Waals surface area contributed by atoms with Crippen LogP contribution in [-0.4, -0.2) is 24.8 Å². The number of hydrogen-bond acceptors (Lipinski definition) is 2. The van der Waals surface area contributed by atoms with Crippen molar-refractivity contribution in [1.29, 1.82) is 0 Å². The molecule has 0 aromatic rings. The Kier molecular flexibility index (Phi) is 2.36. The lowest BCUT2D eigenvalue weighted by molar-refractivity contribution is -0.876. The molecule has 0 aromatic carbocycles. The van der Waals surface area contributed by atoms with Crippen molar-refractivity contribution in [3.8, 4) is 0 Å². The molecule has 0 saturated heterocycles. The Morgan fingerprint density at radius 3 is 2.33 bits per heavy atom. The second kappa shape index (κ2) is 2.61. The molecule has 0 aliphatic heterocycles. The van der Waals surface area contributed by atoms with Crippen LogP contribution in [0.1, 0.15) is 0 Å². The van der Waals surface area contributed by atoms with E-state index in [1.807, 2.05) is 0 Å². The van der Waals surface area contributed by atoms with E-state index in [0.717, 1.165) is 6.08 Å². The first-order chi connectivity index (χ1) is 3.95. The molecule has 0 aliphatic rings. The van der Waals surface area contributed by atoms with Crippen molar-refractivity contribution in [2.45, 2.75) is 0 Å². The summed E-state index contributed by atoms with van der Waals surface area (Å²) in [6, 6.07) is 0. The maximum Gasteiger partial charge on any atom is 0.288 e. The van der Waals surface area contributed by atoms with Crippen LogP contribution >= 0.6 is 0 Å². The lowest BCUT2D eigenvalue weighted by Gasteiger charge is -2.31. The zero-order valence-electron chi connectivity index (χ0n) is 5.55. The van der Waals surface area contributed by atoms with E-state index in [1.165, 1.54) is 14.1 Å². The summed E-state index contributed by atoms with van der Waals surface area (Å²) in [7, 11) is 2.61. The average Bonchev–Trinajstić information content (AvgIpc) is 1.62. The summed E-state index contributed by atoms with van der Waals surface area (Å²) in [5, 5.41) is 10.6. The minimum Gasteiger partial charge on any atom is -0.607 e. The fraction of sp³-hybridized carbons (Fsp3) is 0.400. The number of carbonyl (C=O) groups is 1. The third-order valence-corrected chi connectivity index (χ3v) is 0.565. The number of quaternary nitrogens is 1. The molecular formula is C5H10N2O2. The first-order valence-corrected chi connectivity index (χ1v) is 2.45. The second-order valence-corrected chi connectivity index (χ2v) is 2.03. The Labute approximate surface area is 53.9 Å². The summed E-state index contributed by atoms with van der Waals surface area (Å²) < 4.78 is -0.829. The number of hydroxylamine groups is 2. The molecule has 0 bridgehead atoms. The minimum absolute atomic E-state index is 0.463. The highest BCUT2D eigenvalue weighted by atomic mass is 16.6. The van der Waals surface area contributed by atoms with Crippen molar-refractivity contribution in [1.82, 2.24) is 5.43 Å². The molecule has 0 heterocycles. The van der Waals surface area contributed by atoms with Gasteiger partial charge in [0.1, 0.15) is 0 Å². The number of hydrogen-bond donors (Lipinski definition) is 1. The van der Waals surface area contributed by atoms with Gasteiger partial charge in [0.05, 0.1) is 14.1 Å². The zero-order chi connectivity index (χ0) is 7.49. The van der Waals surface area contributed by atoms with Gasteiger partial charge in [-0.05, 0) is 0 Å². The van der Waals surface area contributed by atoms with E-state index in [-0.39, 0.29) is 0 Å². The summed E-state index contributed by atoms with van der Waals surface area (Å²) in [4.78, 5) is 10.4. The van der Waals surface area contributed by atoms with Gasteiger partial charge in [-0.15, -0.1) is 0 Å². The molecule has 0 atom stereocenters. The zero-order valence-corrected chi connectivity index (χ0v) is 5.55. The van der Waals surface area contributed by atoms with E-state index in [1.54, 1.807) is 0 Å². The van der Waals surface area contributed by atoms with Crippen molar-refractivity contribution < 1.29 is 9.55 Å². The Bertz CT molecular complexity index is 125. The molecule has 0 radical (unpaired) electrons. The standard InChI is InChI=1S/C5H10N2O2/c1-4-5(8)6-7(2,3)9/h4H,1H2,2-3H3,(H,6,8). The molecule has 4 nitrogen and oxygen atoms in total. The number of nitrogens with zero attached hydrogens (tertiary/aromatic N) is 1. The van der Waals surface area contributed by atoms with E-state index in [0.29, 0.717) is 0 Å². The Balaban J connectivity index is 3.74. The van der Waals surface area contributed by atoms with Gasteiger partial charge in [-0.1, -0.05) is 6.58 Å². The predicted molar refractivity (Wildman–Crippen MR) is 33.8 cm³/mol. The predicted octanol–water partition coefficient (Wildman–Crippen LogP) is -0.222. The second-order valence-electron chi connectivity index (χ2n) is 2.03. The normalized spacial score (nSPS) is 10.6. The smallest absolute Gasteiger partial charge is 0.288 e. The maximum atomic E-state index is 10.6. The summed E-state index contributed by atoms with van der Waals surface area (Å²) in [6.45, 7) is 3.18. The van der Waals surface area contributed by atoms with Crippen molar-refractivity contribution >= 4 is 5.91 Å². The molecule has 0 aromatic heterocycles. The minimum atomic E-state index is -0.829. The van der Waals surface area contributed by atoms with Crippen LogP contribution in [0.4, 0.5) is 0 Å². The summed E-state index contributed by atoms with van der Waals surface area (Å²) >= 11 is 0. The third-order valence-electron chi connectivity index (χ3n) is 0.565. The Morgan fingerprint density at radius 1 is 1.78 bits per heavy atom. The SMILES string of the molecule is C=CC(=O)N[N+](C)(C)[O-]. The monoisotopic (exact) mass is 130 g/mol. The van der Waals surface area contributed by atoms with E-state index in [9.17, 15) is 10.0 Å². The van der Waals surface area contributed by atoms with E-state index < -0.39 is 10.7 Å². The summed E-state index contributed by atoms with van der Waals surface area (Å²) in [6.07, 6.45) is 1.05. The van der Waals surface area contributed by atoms with Crippen LogP contribution in [0.3, 0.4) is 0 Å². The molecule has 0 aliphatic carbocycles. The molecule has 0 rings (SSSR count). The number of nitrogens with one attached hydrogen (secondary N) is 1. The Hall–Kier alpha value is -0.870. The number of rotatable bonds is 2. The van der Waals surface area contributed by atoms with E-state index in [4.69, 9.17) is 0 Å². The highest BCUT2D eigenvalue weighted by Gasteiger charge is 2.02. The highest BCUT2D eigenvalue weighted by Crippen LogP contribution is 1.82. The van der Waals surface area contributed by atoms with Crippen molar-refractivity contribution in [2.24, 2.45) is 0 Å². The van der Waals surface area contributed by atoms with Gasteiger partial charge < -0.3 is 5.21 Å². The van der Waals surface area contributed by atoms with Crippen molar-refractivity contribution in [2.75, 3.05) is 14.1 Å². The maximum absolute atomic E-state index is 10.6. The summed E-state index contributed by atoms with van der Waals surface area (Å²) in [5.41, 5.74) is 2.09. The average molecular weight is 130 g/mol. The van der Waals surface area contributed by atoms with Gasteiger partial charge >= 0.3 is 0 Å². The van der Waals surface area contributed by atoms with Gasteiger partial charge in [-0.3, -0.25) is 9.55 Å². The van der Waals surface area contributed by atoms with E-state index >= 15 is 0 Å². The van der Waals surface area contributed by atoms with Crippen LogP contribution in [-0.2, 0) is 4.79 Å². The third kappa shape index (κ3) is 4.99. The molecule has 9 heavy (non-hydrogen) atoms. The molecule has 0 saturated carbocycles. The fourth-order valence-corrected chi connectivity index (χ4v) is 0.311. The van der Waals surface area contributed by atoms with Crippen LogP contribution in [0.15, 0.2) is 12.7 Å². The lowest BCUT2D eigenvalue weighted by Crippen LogP contribution is -2.48. The van der Waals surface area contributed by atoms with E-state index in [2.05, 4.69) is 12.0 Å². The quantitative estimate of drug-likeness (QED) is 0.319. The van der Waals surface area contributed by atoms with Crippen LogP contribution < -0.4 is 5.43 Å². The molecule has 0 fully saturated rings. The molecule has 1 N–H and O–H groups in total. The lowest BCUT2D eigenvalue weighted by atomic mass is 10.6. The molecule has 0 unspecified atom stereocenters. The Morgan fingerprint density at radius 2 is 2.22 bits per heavy atom. The van der Waals surface area contributed by atoms with Gasteiger partial charge in [0.2, 0.25) is 0 Å². The van der Waals surface area contributed by atoms with Gasteiger partial charge in [0.15, 0.2) is 0 Å². The van der Waals surface area contributed by atoms with Crippen LogP contribution in [0.2, 0.25) is 0 Å². The highest BCUT2D eigenvalue weighted by molar-refractivity contribution is 5.85. The molecule has 1 amide bonds. The van der Waals surface area contributed by atoms with Crippen LogP contribution in [0.5, 0.6) is 0 Å². The fourth-order valence-electron chi connectivity index (χ4n) is 0.311. The first-order valence-electron chi connectivity index (χ1n) is 2.45. The topological polar surface area (TPSA) is 52.2 Å². The number of carbonyl (C=O) groups excluding carboxylic acids is 1. The largest absolute Gasteiger partial charge is 0.607 e. The van der Waals surface area contributed by atoms with Gasteiger partial charge in [-0.25, -0.2) is 0 Å². The number of amides is 1. The van der Waals surface area contributed by atoms with Crippen LogP contribution in [0, 0.1) is 5.21 Å². The molecule has 4 heteroatoms. The molecule has 0 spiro atoms. The molecule has 52 valence electrons. The van der Waals surface area contributed by atoms with Crippen molar-refractivity contribution in [3.05, 3.63) is 17.9 Å². The summed E-state index contributed by atoms with van der Waals surface area (Å²) in [5.74, 6) is -0.463. The molecular weight excluding hydrogens is 120 g/mol. The van der Waals surface area contributed by atoms with Crippen LogP contribution in [0.25, 0.3) is 0 Å².